The third kappa shape index (κ3) is 7.03. The Morgan fingerprint density at radius 3 is 2.61 bits per heavy atom. The van der Waals surface area contributed by atoms with Crippen molar-refractivity contribution in [3.8, 4) is 0 Å². The van der Waals surface area contributed by atoms with Gasteiger partial charge in [0.25, 0.3) is 0 Å². The molecular weight excluding hydrogens is 510 g/mol. The normalized spacial score (nSPS) is 29.3. The van der Waals surface area contributed by atoms with Gasteiger partial charge >= 0.3 is 6.09 Å². The van der Waals surface area contributed by atoms with Crippen molar-refractivity contribution < 1.29 is 39.4 Å². The summed E-state index contributed by atoms with van der Waals surface area (Å²) in [6.07, 6.45) is -7.25. The van der Waals surface area contributed by atoms with Crippen molar-refractivity contribution in [1.82, 2.24) is 9.62 Å². The zero-order valence-corrected chi connectivity index (χ0v) is 22.1. The maximum Gasteiger partial charge on any atom is 0.407 e. The number of carbonyl (C=O) groups is 1. The fraction of sp³-hybridized carbons (Fsp3) is 0.519. The molecule has 38 heavy (non-hydrogen) atoms. The molecule has 0 bridgehead atoms. The Kier molecular flexibility index (Phi) is 7.25. The lowest BCUT2D eigenvalue weighted by Gasteiger charge is -2.31. The highest BCUT2D eigenvalue weighted by Crippen LogP contribution is 2.33. The molecule has 2 aliphatic heterocycles. The molecule has 0 saturated carbocycles. The highest BCUT2D eigenvalue weighted by atomic mass is 32.2. The number of sulfonamides is 1. The number of ether oxygens (including phenoxy) is 3. The van der Waals surface area contributed by atoms with Crippen molar-refractivity contribution in [3.05, 3.63) is 60.2 Å². The van der Waals surface area contributed by atoms with Crippen LogP contribution in [0.5, 0.6) is 0 Å². The van der Waals surface area contributed by atoms with Crippen LogP contribution in [0.4, 0.5) is 10.5 Å². The minimum Gasteiger partial charge on any atom is -0.443 e. The quantitative estimate of drug-likeness (QED) is 0.361. The van der Waals surface area contributed by atoms with Gasteiger partial charge < -0.3 is 30.4 Å². The topological polar surface area (TPSA) is 140 Å². The van der Waals surface area contributed by atoms with E-state index in [-0.39, 0.29) is 23.8 Å². The molecule has 2 aromatic carbocycles. The summed E-state index contributed by atoms with van der Waals surface area (Å²) in [6.45, 7) is -1.74. The van der Waals surface area contributed by atoms with E-state index in [9.17, 15) is 18.3 Å². The second kappa shape index (κ2) is 12.4. The van der Waals surface area contributed by atoms with E-state index in [0.717, 1.165) is 4.31 Å². The molecule has 2 saturated heterocycles. The van der Waals surface area contributed by atoms with Crippen LogP contribution in [0.25, 0.3) is 0 Å². The fourth-order valence-corrected chi connectivity index (χ4v) is 5.87. The van der Waals surface area contributed by atoms with Crippen LogP contribution in [-0.2, 0) is 30.7 Å². The van der Waals surface area contributed by atoms with Gasteiger partial charge in [0.05, 0.1) is 42.9 Å². The SMILES string of the molecule is [2H]C1([2H])C[C@@H]2[C@H](O1)OC([2H])([2H])[C@]2([2H])OC(=O)N[C@@H](Cc1ccccc1)[C@H](O)CN(CC(C)C)S(=O)(=O)c1ccc(N)cc1. The third-order valence-electron chi connectivity index (χ3n) is 6.19. The Bertz CT molecular complexity index is 1390. The Labute approximate surface area is 231 Å². The number of alkyl carbamates (subject to hydrolysis) is 1. The van der Waals surface area contributed by atoms with Gasteiger partial charge in [0.1, 0.15) is 6.08 Å². The number of hydrogen-bond donors (Lipinski definition) is 3. The predicted molar refractivity (Wildman–Crippen MR) is 142 cm³/mol. The molecule has 208 valence electrons. The molecule has 2 fully saturated rings. The molecule has 2 aliphatic rings. The highest BCUT2D eigenvalue weighted by Gasteiger charge is 2.44. The van der Waals surface area contributed by atoms with Crippen LogP contribution in [0.1, 0.15) is 32.7 Å². The number of anilines is 1. The minimum absolute atomic E-state index is 0.0191. The van der Waals surface area contributed by atoms with E-state index in [1.165, 1.54) is 24.3 Å². The smallest absolute Gasteiger partial charge is 0.407 e. The Balaban J connectivity index is 1.57. The van der Waals surface area contributed by atoms with Crippen molar-refractivity contribution in [2.24, 2.45) is 11.8 Å². The largest absolute Gasteiger partial charge is 0.443 e. The Morgan fingerprint density at radius 1 is 1.21 bits per heavy atom. The van der Waals surface area contributed by atoms with Crippen LogP contribution >= 0.6 is 0 Å². The zero-order valence-electron chi connectivity index (χ0n) is 26.2. The molecule has 0 unspecified atom stereocenters. The number of nitrogens with one attached hydrogen (secondary N) is 1. The lowest BCUT2D eigenvalue weighted by atomic mass is 10.0. The second-order valence-corrected chi connectivity index (χ2v) is 11.6. The zero-order chi connectivity index (χ0) is 31.8. The van der Waals surface area contributed by atoms with Crippen molar-refractivity contribution in [1.29, 1.82) is 0 Å². The van der Waals surface area contributed by atoms with Crippen LogP contribution in [-0.4, -0.2) is 74.6 Å². The average molecular weight is 553 g/mol. The van der Waals surface area contributed by atoms with Crippen molar-refractivity contribution >= 4 is 21.8 Å². The summed E-state index contributed by atoms with van der Waals surface area (Å²) >= 11 is 0. The second-order valence-electron chi connectivity index (χ2n) is 9.71. The van der Waals surface area contributed by atoms with Gasteiger partial charge in [-0.1, -0.05) is 44.2 Å². The van der Waals surface area contributed by atoms with E-state index in [2.05, 4.69) is 5.32 Å². The monoisotopic (exact) mass is 552 g/mol. The van der Waals surface area contributed by atoms with Gasteiger partial charge in [-0.15, -0.1) is 0 Å². The minimum atomic E-state index is -4.08. The van der Waals surface area contributed by atoms with Gasteiger partial charge in [0.2, 0.25) is 10.0 Å². The van der Waals surface area contributed by atoms with Gasteiger partial charge in [-0.25, -0.2) is 13.2 Å². The molecule has 1 amide bonds. The molecule has 10 nitrogen and oxygen atoms in total. The number of aliphatic hydroxyl groups is 1. The summed E-state index contributed by atoms with van der Waals surface area (Å²) in [5.41, 5.74) is 6.80. The van der Waals surface area contributed by atoms with Crippen LogP contribution in [0.2, 0.25) is 0 Å². The van der Waals surface area contributed by atoms with Gasteiger partial charge in [0.15, 0.2) is 6.29 Å². The molecule has 2 heterocycles. The first kappa shape index (κ1) is 22.2. The summed E-state index contributed by atoms with van der Waals surface area (Å²) in [5, 5.41) is 13.9. The first-order valence-corrected chi connectivity index (χ1v) is 13.8. The first-order chi connectivity index (χ1) is 19.9. The van der Waals surface area contributed by atoms with Crippen LogP contribution in [0, 0.1) is 11.8 Å². The number of rotatable bonds is 11. The first-order valence-electron chi connectivity index (χ1n) is 14.9. The van der Waals surface area contributed by atoms with E-state index in [1.807, 2.05) is 13.8 Å². The fourth-order valence-electron chi connectivity index (χ4n) is 4.24. The number of hydrogen-bond acceptors (Lipinski definition) is 8. The molecule has 0 radical (unpaired) electrons. The summed E-state index contributed by atoms with van der Waals surface area (Å²) < 4.78 is 84.3. The molecular formula is C27H37N3O7S. The van der Waals surface area contributed by atoms with Gasteiger partial charge in [-0.2, -0.15) is 4.31 Å². The van der Waals surface area contributed by atoms with E-state index in [1.54, 1.807) is 30.3 Å². The van der Waals surface area contributed by atoms with Crippen molar-refractivity contribution in [2.75, 3.05) is 31.9 Å². The lowest BCUT2D eigenvalue weighted by molar-refractivity contribution is -0.0907. The maximum atomic E-state index is 13.6. The summed E-state index contributed by atoms with van der Waals surface area (Å²) in [7, 11) is -4.08. The Hall–Kier alpha value is -2.70. The lowest BCUT2D eigenvalue weighted by Crippen LogP contribution is -2.51. The Morgan fingerprint density at radius 2 is 1.92 bits per heavy atom. The van der Waals surface area contributed by atoms with Crippen molar-refractivity contribution in [2.45, 2.75) is 56.1 Å². The summed E-state index contributed by atoms with van der Waals surface area (Å²) in [5.74, 6) is -1.39. The summed E-state index contributed by atoms with van der Waals surface area (Å²) in [4.78, 5) is 13.2. The average Bonchev–Trinajstić information content (AvgIpc) is 3.29. The highest BCUT2D eigenvalue weighted by molar-refractivity contribution is 7.89. The summed E-state index contributed by atoms with van der Waals surface area (Å²) in [6, 6.07) is 13.3. The number of nitrogen functional groups attached to an aromatic ring is 1. The molecule has 0 aliphatic carbocycles. The molecule has 4 N–H and O–H groups in total. The number of benzene rings is 2. The van der Waals surface area contributed by atoms with Crippen molar-refractivity contribution in [3.63, 3.8) is 0 Å². The molecule has 0 aromatic heterocycles. The molecule has 0 spiro atoms. The number of fused-ring (bicyclic) bond motifs is 1. The van der Waals surface area contributed by atoms with Gasteiger partial charge in [0, 0.05) is 18.8 Å². The maximum absolute atomic E-state index is 13.6. The van der Waals surface area contributed by atoms with Crippen LogP contribution < -0.4 is 11.1 Å². The number of carbonyl (C=O) groups excluding carboxylic acids is 1. The van der Waals surface area contributed by atoms with Gasteiger partial charge in [-0.3, -0.25) is 0 Å². The number of amides is 1. The number of aliphatic hydroxyl groups excluding tert-OH is 1. The van der Waals surface area contributed by atoms with Crippen LogP contribution in [0.15, 0.2) is 59.5 Å². The van der Waals surface area contributed by atoms with Gasteiger partial charge in [-0.05, 0) is 48.6 Å². The molecule has 11 heteroatoms. The molecule has 2 aromatic rings. The van der Waals surface area contributed by atoms with E-state index in [4.69, 9.17) is 26.8 Å². The molecule has 4 rings (SSSR count). The predicted octanol–water partition coefficient (Wildman–Crippen LogP) is 2.38. The van der Waals surface area contributed by atoms with Crippen LogP contribution in [0.3, 0.4) is 0 Å². The van der Waals surface area contributed by atoms with E-state index < -0.39 is 72.6 Å². The molecule has 5 atom stereocenters. The van der Waals surface area contributed by atoms with E-state index in [0.29, 0.717) is 11.3 Å². The van der Waals surface area contributed by atoms with E-state index >= 15 is 0 Å². The third-order valence-corrected chi connectivity index (χ3v) is 8.04. The number of nitrogens with two attached hydrogens (primary N) is 1. The number of nitrogens with zero attached hydrogens (tertiary/aromatic N) is 1. The standard InChI is InChI=1S/C27H37N3O7S/c1-18(2)15-30(38(33,34)21-10-8-20(28)9-11-21)16-24(31)23(14-19-6-4-3-5-7-19)29-27(32)37-25-17-36-26-22(25)12-13-35-26/h3-11,18,22-26,31H,12-17,28H2,1-2H3,(H,29,32)/t22-,23-,24+,25-,26+/m0/s1/i13D2,17D2,25D.